The molecular formula is C11H14ClNO. The van der Waals surface area contributed by atoms with E-state index in [4.69, 9.17) is 16.3 Å². The number of hydrogen-bond acceptors (Lipinski definition) is 2. The van der Waals surface area contributed by atoms with Crippen molar-refractivity contribution in [1.82, 2.24) is 4.90 Å². The molecule has 0 aromatic heterocycles. The lowest BCUT2D eigenvalue weighted by molar-refractivity contribution is 0.208. The molecule has 0 N–H and O–H groups in total. The van der Waals surface area contributed by atoms with Crippen molar-refractivity contribution in [2.45, 2.75) is 12.5 Å². The highest BCUT2D eigenvalue weighted by Gasteiger charge is 2.20. The van der Waals surface area contributed by atoms with Gasteiger partial charge < -0.3 is 9.64 Å². The normalized spacial score (nSPS) is 22.6. The van der Waals surface area contributed by atoms with Gasteiger partial charge in [-0.25, -0.2) is 0 Å². The molecule has 0 bridgehead atoms. The van der Waals surface area contributed by atoms with Gasteiger partial charge in [0.2, 0.25) is 0 Å². The molecule has 76 valence electrons. The summed E-state index contributed by atoms with van der Waals surface area (Å²) in [4.78, 5) is 2.27. The minimum absolute atomic E-state index is 0.318. The molecule has 1 aliphatic heterocycles. The molecule has 1 fully saturated rings. The van der Waals surface area contributed by atoms with E-state index in [1.807, 2.05) is 24.3 Å². The van der Waals surface area contributed by atoms with Gasteiger partial charge in [0.25, 0.3) is 0 Å². The number of rotatable bonds is 2. The third-order valence-electron chi connectivity index (χ3n) is 2.45. The standard InChI is InChI=1S/C11H14ClNO/c1-13-6-5-11(8-13)14-10-4-2-3-9(12)7-10/h2-4,7,11H,5-6,8H2,1H3/t11-/m0/s1. The molecule has 0 spiro atoms. The average Bonchev–Trinajstić information content (AvgIpc) is 2.51. The summed E-state index contributed by atoms with van der Waals surface area (Å²) in [5, 5.41) is 0.730. The van der Waals surface area contributed by atoms with Gasteiger partial charge in [-0.3, -0.25) is 0 Å². The van der Waals surface area contributed by atoms with Crippen LogP contribution in [0.3, 0.4) is 0 Å². The van der Waals surface area contributed by atoms with Gasteiger partial charge in [0, 0.05) is 18.1 Å². The van der Waals surface area contributed by atoms with Gasteiger partial charge in [0.05, 0.1) is 0 Å². The average molecular weight is 212 g/mol. The smallest absolute Gasteiger partial charge is 0.121 e. The van der Waals surface area contributed by atoms with Crippen molar-refractivity contribution >= 4 is 11.6 Å². The Kier molecular flexibility index (Phi) is 2.94. The second kappa shape index (κ2) is 4.20. The molecule has 0 amide bonds. The zero-order valence-corrected chi connectivity index (χ0v) is 9.00. The summed E-state index contributed by atoms with van der Waals surface area (Å²) in [5.41, 5.74) is 0. The fourth-order valence-corrected chi connectivity index (χ4v) is 1.90. The summed E-state index contributed by atoms with van der Waals surface area (Å²) in [7, 11) is 2.11. The van der Waals surface area contributed by atoms with Crippen molar-refractivity contribution in [3.8, 4) is 5.75 Å². The first-order valence-corrected chi connectivity index (χ1v) is 5.22. The van der Waals surface area contributed by atoms with Gasteiger partial charge in [0.1, 0.15) is 11.9 Å². The van der Waals surface area contributed by atoms with E-state index >= 15 is 0 Å². The number of likely N-dealkylation sites (tertiary alicyclic amines) is 1. The summed E-state index contributed by atoms with van der Waals surface area (Å²) in [6.07, 6.45) is 1.42. The lowest BCUT2D eigenvalue weighted by Gasteiger charge is -2.13. The first-order valence-electron chi connectivity index (χ1n) is 4.85. The maximum absolute atomic E-state index is 5.87. The van der Waals surface area contributed by atoms with E-state index in [1.54, 1.807) is 0 Å². The lowest BCUT2D eigenvalue weighted by atomic mass is 10.3. The van der Waals surface area contributed by atoms with Crippen molar-refractivity contribution in [3.05, 3.63) is 29.3 Å². The highest BCUT2D eigenvalue weighted by atomic mass is 35.5. The van der Waals surface area contributed by atoms with Crippen LogP contribution >= 0.6 is 11.6 Å². The van der Waals surface area contributed by atoms with Gasteiger partial charge in [-0.15, -0.1) is 0 Å². The molecule has 1 aromatic carbocycles. The molecule has 1 aliphatic rings. The summed E-state index contributed by atoms with van der Waals surface area (Å²) in [5.74, 6) is 0.873. The molecule has 0 unspecified atom stereocenters. The fourth-order valence-electron chi connectivity index (χ4n) is 1.72. The Morgan fingerprint density at radius 3 is 3.00 bits per heavy atom. The zero-order chi connectivity index (χ0) is 9.97. The molecule has 2 rings (SSSR count). The van der Waals surface area contributed by atoms with E-state index < -0.39 is 0 Å². The molecule has 0 saturated carbocycles. The Labute approximate surface area is 89.4 Å². The molecule has 0 aliphatic carbocycles. The Morgan fingerprint density at radius 1 is 1.50 bits per heavy atom. The SMILES string of the molecule is CN1CC[C@H](Oc2cccc(Cl)c2)C1. The van der Waals surface area contributed by atoms with E-state index in [9.17, 15) is 0 Å². The predicted molar refractivity (Wildman–Crippen MR) is 58.0 cm³/mol. The number of hydrogen-bond donors (Lipinski definition) is 0. The van der Waals surface area contributed by atoms with Gasteiger partial charge >= 0.3 is 0 Å². The molecule has 3 heteroatoms. The first-order chi connectivity index (χ1) is 6.74. The van der Waals surface area contributed by atoms with E-state index in [2.05, 4.69) is 11.9 Å². The summed E-state index contributed by atoms with van der Waals surface area (Å²) in [6, 6.07) is 7.58. The molecular weight excluding hydrogens is 198 g/mol. The molecule has 14 heavy (non-hydrogen) atoms. The quantitative estimate of drug-likeness (QED) is 0.745. The third kappa shape index (κ3) is 2.40. The van der Waals surface area contributed by atoms with Crippen molar-refractivity contribution in [2.75, 3.05) is 20.1 Å². The third-order valence-corrected chi connectivity index (χ3v) is 2.68. The van der Waals surface area contributed by atoms with Crippen molar-refractivity contribution in [1.29, 1.82) is 0 Å². The summed E-state index contributed by atoms with van der Waals surface area (Å²) < 4.78 is 5.80. The van der Waals surface area contributed by atoms with E-state index in [1.165, 1.54) is 0 Å². The van der Waals surface area contributed by atoms with Crippen LogP contribution in [0, 0.1) is 0 Å². The first kappa shape index (κ1) is 9.81. The Morgan fingerprint density at radius 2 is 2.36 bits per heavy atom. The molecule has 1 aromatic rings. The fraction of sp³-hybridized carbons (Fsp3) is 0.455. The van der Waals surface area contributed by atoms with E-state index in [0.717, 1.165) is 30.3 Å². The summed E-state index contributed by atoms with van der Waals surface area (Å²) >= 11 is 5.87. The van der Waals surface area contributed by atoms with Crippen molar-refractivity contribution in [3.63, 3.8) is 0 Å². The maximum Gasteiger partial charge on any atom is 0.121 e. The Balaban J connectivity index is 1.97. The number of nitrogens with zero attached hydrogens (tertiary/aromatic N) is 1. The predicted octanol–water partition coefficient (Wildman–Crippen LogP) is 2.42. The van der Waals surface area contributed by atoms with Gasteiger partial charge in [0.15, 0.2) is 0 Å². The van der Waals surface area contributed by atoms with Gasteiger partial charge in [-0.1, -0.05) is 17.7 Å². The van der Waals surface area contributed by atoms with Gasteiger partial charge in [-0.05, 0) is 31.7 Å². The minimum Gasteiger partial charge on any atom is -0.489 e. The van der Waals surface area contributed by atoms with Crippen LogP contribution in [0.4, 0.5) is 0 Å². The van der Waals surface area contributed by atoms with Crippen LogP contribution in [0.2, 0.25) is 5.02 Å². The van der Waals surface area contributed by atoms with Crippen LogP contribution in [0.25, 0.3) is 0 Å². The molecule has 1 atom stereocenters. The van der Waals surface area contributed by atoms with Crippen molar-refractivity contribution in [2.24, 2.45) is 0 Å². The maximum atomic E-state index is 5.87. The summed E-state index contributed by atoms with van der Waals surface area (Å²) in [6.45, 7) is 2.12. The largest absolute Gasteiger partial charge is 0.489 e. The van der Waals surface area contributed by atoms with Crippen LogP contribution in [0.15, 0.2) is 24.3 Å². The minimum atomic E-state index is 0.318. The van der Waals surface area contributed by atoms with Crippen LogP contribution < -0.4 is 4.74 Å². The van der Waals surface area contributed by atoms with E-state index in [-0.39, 0.29) is 0 Å². The van der Waals surface area contributed by atoms with Crippen molar-refractivity contribution < 1.29 is 4.74 Å². The number of likely N-dealkylation sites (N-methyl/N-ethyl adjacent to an activating group) is 1. The molecule has 1 saturated heterocycles. The monoisotopic (exact) mass is 211 g/mol. The molecule has 2 nitrogen and oxygen atoms in total. The zero-order valence-electron chi connectivity index (χ0n) is 8.24. The highest BCUT2D eigenvalue weighted by Crippen LogP contribution is 2.20. The Bertz CT molecular complexity index is 316. The number of halogens is 1. The molecule has 0 radical (unpaired) electrons. The highest BCUT2D eigenvalue weighted by molar-refractivity contribution is 6.30. The van der Waals surface area contributed by atoms with Crippen LogP contribution in [0.5, 0.6) is 5.75 Å². The number of benzene rings is 1. The Hall–Kier alpha value is -0.730. The van der Waals surface area contributed by atoms with Crippen LogP contribution in [-0.2, 0) is 0 Å². The second-order valence-electron chi connectivity index (χ2n) is 3.75. The van der Waals surface area contributed by atoms with E-state index in [0.29, 0.717) is 6.10 Å². The molecule has 1 heterocycles. The second-order valence-corrected chi connectivity index (χ2v) is 4.18. The topological polar surface area (TPSA) is 12.5 Å². The lowest BCUT2D eigenvalue weighted by Crippen LogP contribution is -2.21. The van der Waals surface area contributed by atoms with Gasteiger partial charge in [-0.2, -0.15) is 0 Å². The number of ether oxygens (including phenoxy) is 1. The van der Waals surface area contributed by atoms with Crippen LogP contribution in [-0.4, -0.2) is 31.1 Å². The van der Waals surface area contributed by atoms with Crippen LogP contribution in [0.1, 0.15) is 6.42 Å².